The minimum atomic E-state index is -0.0833. The first kappa shape index (κ1) is 15.4. The van der Waals surface area contributed by atoms with Crippen molar-refractivity contribution in [1.29, 1.82) is 0 Å². The Kier molecular flexibility index (Phi) is 3.76. The molecule has 0 N–H and O–H groups in total. The molecule has 1 amide bonds. The topological polar surface area (TPSA) is 55.6 Å². The van der Waals surface area contributed by atoms with Crippen molar-refractivity contribution in [2.75, 3.05) is 11.5 Å². The van der Waals surface area contributed by atoms with Crippen LogP contribution in [0, 0.1) is 13.8 Å². The fourth-order valence-electron chi connectivity index (χ4n) is 2.91. The molecule has 4 rings (SSSR count). The summed E-state index contributed by atoms with van der Waals surface area (Å²) in [5.41, 5.74) is 3.53. The molecule has 1 aliphatic rings. The highest BCUT2D eigenvalue weighted by molar-refractivity contribution is 5.97. The highest BCUT2D eigenvalue weighted by Gasteiger charge is 2.27. The van der Waals surface area contributed by atoms with Gasteiger partial charge in [-0.25, -0.2) is 4.98 Å². The molecule has 2 heterocycles. The Labute approximate surface area is 145 Å². The van der Waals surface area contributed by atoms with E-state index in [1.54, 1.807) is 4.90 Å². The van der Waals surface area contributed by atoms with Gasteiger partial charge in [0.2, 0.25) is 5.89 Å². The molecule has 126 valence electrons. The highest BCUT2D eigenvalue weighted by Crippen LogP contribution is 2.34. The third-order valence-electron chi connectivity index (χ3n) is 4.28. The third kappa shape index (κ3) is 2.89. The molecule has 0 atom stereocenters. The van der Waals surface area contributed by atoms with Crippen LogP contribution < -0.4 is 9.64 Å². The van der Waals surface area contributed by atoms with Crippen LogP contribution in [0.3, 0.4) is 0 Å². The zero-order chi connectivity index (χ0) is 17.4. The van der Waals surface area contributed by atoms with E-state index in [0.717, 1.165) is 28.3 Å². The molecule has 0 fully saturated rings. The van der Waals surface area contributed by atoms with Crippen LogP contribution in [0.25, 0.3) is 11.5 Å². The lowest BCUT2D eigenvalue weighted by atomic mass is 10.1. The largest absolute Gasteiger partial charge is 0.482 e. The van der Waals surface area contributed by atoms with Crippen molar-refractivity contribution in [3.63, 3.8) is 0 Å². The Hall–Kier alpha value is -3.08. The molecule has 0 saturated heterocycles. The fraction of sp³-hybridized carbons (Fsp3) is 0.200. The van der Waals surface area contributed by atoms with Crippen molar-refractivity contribution >= 4 is 11.6 Å². The molecule has 3 aromatic rings. The van der Waals surface area contributed by atoms with Crippen molar-refractivity contribution in [3.05, 3.63) is 65.5 Å². The van der Waals surface area contributed by atoms with Gasteiger partial charge < -0.3 is 9.15 Å². The third-order valence-corrected chi connectivity index (χ3v) is 4.28. The first-order valence-corrected chi connectivity index (χ1v) is 8.17. The van der Waals surface area contributed by atoms with Gasteiger partial charge in [0.05, 0.1) is 12.2 Å². The minimum absolute atomic E-state index is 0.0406. The normalized spacial score (nSPS) is 13.5. The van der Waals surface area contributed by atoms with Crippen molar-refractivity contribution in [3.8, 4) is 17.2 Å². The van der Waals surface area contributed by atoms with Crippen LogP contribution >= 0.6 is 0 Å². The first-order chi connectivity index (χ1) is 12.1. The van der Waals surface area contributed by atoms with Crippen LogP contribution in [-0.2, 0) is 11.3 Å². The van der Waals surface area contributed by atoms with E-state index in [9.17, 15) is 4.79 Å². The Morgan fingerprint density at radius 3 is 2.72 bits per heavy atom. The number of oxazole rings is 1. The number of nitrogens with zero attached hydrogens (tertiary/aromatic N) is 2. The number of aromatic nitrogens is 1. The quantitative estimate of drug-likeness (QED) is 0.729. The molecule has 0 aliphatic carbocycles. The van der Waals surface area contributed by atoms with Crippen molar-refractivity contribution in [1.82, 2.24) is 4.98 Å². The van der Waals surface area contributed by atoms with Crippen LogP contribution in [0.5, 0.6) is 5.75 Å². The average Bonchev–Trinajstić information content (AvgIpc) is 2.99. The summed E-state index contributed by atoms with van der Waals surface area (Å²) in [5.74, 6) is 1.92. The zero-order valence-corrected chi connectivity index (χ0v) is 14.2. The first-order valence-electron chi connectivity index (χ1n) is 8.17. The number of hydrogen-bond donors (Lipinski definition) is 0. The van der Waals surface area contributed by atoms with Gasteiger partial charge >= 0.3 is 0 Å². The number of ether oxygens (including phenoxy) is 1. The van der Waals surface area contributed by atoms with E-state index in [1.807, 2.05) is 62.4 Å². The maximum atomic E-state index is 12.4. The van der Waals surface area contributed by atoms with Gasteiger partial charge in [-0.3, -0.25) is 9.69 Å². The summed E-state index contributed by atoms with van der Waals surface area (Å²) in [7, 11) is 0. The van der Waals surface area contributed by atoms with E-state index in [1.165, 1.54) is 0 Å². The summed E-state index contributed by atoms with van der Waals surface area (Å²) in [6, 6.07) is 15.6. The summed E-state index contributed by atoms with van der Waals surface area (Å²) >= 11 is 0. The fourth-order valence-corrected chi connectivity index (χ4v) is 2.91. The van der Waals surface area contributed by atoms with Crippen LogP contribution in [-0.4, -0.2) is 17.5 Å². The number of hydrogen-bond acceptors (Lipinski definition) is 4. The monoisotopic (exact) mass is 334 g/mol. The summed E-state index contributed by atoms with van der Waals surface area (Å²) in [6.45, 7) is 4.27. The molecule has 5 heteroatoms. The molecule has 25 heavy (non-hydrogen) atoms. The second-order valence-electron chi connectivity index (χ2n) is 6.13. The van der Waals surface area contributed by atoms with Crippen LogP contribution in [0.4, 0.5) is 5.69 Å². The van der Waals surface area contributed by atoms with Gasteiger partial charge in [0, 0.05) is 5.56 Å². The molecule has 0 saturated carbocycles. The lowest BCUT2D eigenvalue weighted by Crippen LogP contribution is -2.38. The van der Waals surface area contributed by atoms with Crippen LogP contribution in [0.15, 0.2) is 52.9 Å². The molecule has 1 aromatic heterocycles. The van der Waals surface area contributed by atoms with Crippen LogP contribution in [0.1, 0.15) is 17.0 Å². The minimum Gasteiger partial charge on any atom is -0.482 e. The van der Waals surface area contributed by atoms with E-state index in [2.05, 4.69) is 4.98 Å². The number of rotatable bonds is 3. The highest BCUT2D eigenvalue weighted by atomic mass is 16.5. The summed E-state index contributed by atoms with van der Waals surface area (Å²) in [5, 5.41) is 0. The predicted octanol–water partition coefficient (Wildman–Crippen LogP) is 3.88. The Balaban J connectivity index is 1.67. The Bertz CT molecular complexity index is 931. The number of anilines is 1. The number of carbonyl (C=O) groups is 1. The van der Waals surface area contributed by atoms with Gasteiger partial charge in [-0.1, -0.05) is 24.3 Å². The molecule has 0 unspecified atom stereocenters. The van der Waals surface area contributed by atoms with Gasteiger partial charge in [-0.2, -0.15) is 0 Å². The molecular weight excluding hydrogens is 316 g/mol. The second-order valence-corrected chi connectivity index (χ2v) is 6.13. The molecular formula is C20H18N2O3. The summed E-state index contributed by atoms with van der Waals surface area (Å²) in [6.07, 6.45) is 0. The Morgan fingerprint density at radius 1 is 1.12 bits per heavy atom. The van der Waals surface area contributed by atoms with Gasteiger partial charge in [-0.05, 0) is 43.7 Å². The van der Waals surface area contributed by atoms with Gasteiger partial charge in [0.15, 0.2) is 6.61 Å². The molecule has 0 radical (unpaired) electrons. The van der Waals surface area contributed by atoms with E-state index >= 15 is 0 Å². The molecule has 0 bridgehead atoms. The summed E-state index contributed by atoms with van der Waals surface area (Å²) in [4.78, 5) is 18.7. The van der Waals surface area contributed by atoms with E-state index < -0.39 is 0 Å². The van der Waals surface area contributed by atoms with Crippen molar-refractivity contribution in [2.24, 2.45) is 0 Å². The number of carbonyl (C=O) groups excluding carboxylic acids is 1. The zero-order valence-electron chi connectivity index (χ0n) is 14.2. The molecule has 1 aliphatic heterocycles. The maximum Gasteiger partial charge on any atom is 0.265 e. The van der Waals surface area contributed by atoms with Crippen LogP contribution in [0.2, 0.25) is 0 Å². The van der Waals surface area contributed by atoms with E-state index in [0.29, 0.717) is 18.2 Å². The number of aryl methyl sites for hydroxylation is 2. The number of amides is 1. The second kappa shape index (κ2) is 6.09. The molecule has 5 nitrogen and oxygen atoms in total. The SMILES string of the molecule is Cc1ccc2c(c1)OCC(=O)N2Cc1nc(-c2ccccc2)oc1C. The molecule has 0 spiro atoms. The predicted molar refractivity (Wildman–Crippen MR) is 94.5 cm³/mol. The van der Waals surface area contributed by atoms with Gasteiger partial charge in [-0.15, -0.1) is 0 Å². The van der Waals surface area contributed by atoms with Gasteiger partial charge in [0.1, 0.15) is 17.2 Å². The lowest BCUT2D eigenvalue weighted by Gasteiger charge is -2.29. The van der Waals surface area contributed by atoms with Crippen molar-refractivity contribution < 1.29 is 13.9 Å². The smallest absolute Gasteiger partial charge is 0.265 e. The summed E-state index contributed by atoms with van der Waals surface area (Å²) < 4.78 is 11.4. The average molecular weight is 334 g/mol. The maximum absolute atomic E-state index is 12.4. The van der Waals surface area contributed by atoms with E-state index in [-0.39, 0.29) is 12.5 Å². The molecule has 2 aromatic carbocycles. The number of benzene rings is 2. The van der Waals surface area contributed by atoms with Gasteiger partial charge in [0.25, 0.3) is 5.91 Å². The van der Waals surface area contributed by atoms with Crippen molar-refractivity contribution in [2.45, 2.75) is 20.4 Å². The standard InChI is InChI=1S/C20H18N2O3/c1-13-8-9-17-18(10-13)24-12-19(23)22(17)11-16-14(2)25-20(21-16)15-6-4-3-5-7-15/h3-10H,11-12H2,1-2H3. The lowest BCUT2D eigenvalue weighted by molar-refractivity contribution is -0.121. The van der Waals surface area contributed by atoms with E-state index in [4.69, 9.17) is 9.15 Å². The number of fused-ring (bicyclic) bond motifs is 1. The Morgan fingerprint density at radius 2 is 1.92 bits per heavy atom.